The van der Waals surface area contributed by atoms with Gasteiger partial charge in [0, 0.05) is 64.1 Å². The van der Waals surface area contributed by atoms with E-state index in [-0.39, 0.29) is 6.61 Å². The monoisotopic (exact) mass is 530 g/mol. The van der Waals surface area contributed by atoms with Gasteiger partial charge in [0.1, 0.15) is 0 Å². The van der Waals surface area contributed by atoms with E-state index < -0.39 is 0 Å². The number of aliphatic hydroxyl groups excluding tert-OH is 1. The third-order valence-corrected chi connectivity index (χ3v) is 6.55. The summed E-state index contributed by atoms with van der Waals surface area (Å²) in [5.74, 6) is 0. The molecule has 0 atom stereocenters. The molecule has 1 N–H and O–H groups in total. The second-order valence-corrected chi connectivity index (χ2v) is 9.89. The van der Waals surface area contributed by atoms with Crippen LogP contribution < -0.4 is 0 Å². The van der Waals surface area contributed by atoms with Crippen LogP contribution in [0.15, 0.2) is 116 Å². The first-order valence-corrected chi connectivity index (χ1v) is 13.5. The summed E-state index contributed by atoms with van der Waals surface area (Å²) in [6.45, 7) is 4.18. The lowest BCUT2D eigenvalue weighted by molar-refractivity contribution is 0.236. The van der Waals surface area contributed by atoms with Crippen LogP contribution >= 0.6 is 0 Å². The zero-order valence-corrected chi connectivity index (χ0v) is 22.5. The molecule has 5 aromatic rings. The Morgan fingerprint density at radius 1 is 0.425 bits per heavy atom. The van der Waals surface area contributed by atoms with Crippen molar-refractivity contribution in [1.82, 2.24) is 29.7 Å². The van der Waals surface area contributed by atoms with Crippen LogP contribution in [0.4, 0.5) is 0 Å². The van der Waals surface area contributed by atoms with Gasteiger partial charge >= 0.3 is 0 Å². The predicted octanol–water partition coefficient (Wildman–Crippen LogP) is 5.16. The molecule has 1 aromatic carbocycles. The number of aliphatic hydroxyl groups is 1. The van der Waals surface area contributed by atoms with E-state index in [1.54, 1.807) is 0 Å². The predicted molar refractivity (Wildman–Crippen MR) is 155 cm³/mol. The van der Waals surface area contributed by atoms with Gasteiger partial charge in [-0.1, -0.05) is 42.5 Å². The molecule has 0 amide bonds. The van der Waals surface area contributed by atoms with Gasteiger partial charge in [-0.3, -0.25) is 29.7 Å². The fourth-order valence-corrected chi connectivity index (χ4v) is 4.85. The van der Waals surface area contributed by atoms with Crippen LogP contribution in [0.3, 0.4) is 0 Å². The molecule has 5 rings (SSSR count). The third kappa shape index (κ3) is 8.35. The van der Waals surface area contributed by atoms with Crippen LogP contribution in [0, 0.1) is 0 Å². The minimum absolute atomic E-state index is 0.0121. The standard InChI is InChI=1S/C33H34N6O/c40-26-29-18-27(20-38(22-30-9-1-5-13-34-30)23-31-10-2-6-14-35-31)17-28(19-29)21-39(24-32-11-3-7-15-36-32)25-33-12-4-8-16-37-33/h1-19,40H,20-26H2. The first kappa shape index (κ1) is 27.3. The fraction of sp³-hybridized carbons (Fsp3) is 0.212. The Kier molecular flexibility index (Phi) is 9.68. The number of benzene rings is 1. The van der Waals surface area contributed by atoms with Crippen LogP contribution in [0.25, 0.3) is 0 Å². The minimum Gasteiger partial charge on any atom is -0.392 e. The Morgan fingerprint density at radius 2 is 0.750 bits per heavy atom. The summed E-state index contributed by atoms with van der Waals surface area (Å²) < 4.78 is 0. The lowest BCUT2D eigenvalue weighted by Crippen LogP contribution is -2.25. The molecular weight excluding hydrogens is 496 g/mol. The summed E-state index contributed by atoms with van der Waals surface area (Å²) >= 11 is 0. The summed E-state index contributed by atoms with van der Waals surface area (Å²) in [7, 11) is 0. The summed E-state index contributed by atoms with van der Waals surface area (Å²) in [6, 6.07) is 30.4. The second kappa shape index (κ2) is 14.2. The number of aromatic nitrogens is 4. The van der Waals surface area contributed by atoms with Crippen molar-refractivity contribution in [2.24, 2.45) is 0 Å². The van der Waals surface area contributed by atoms with Crippen LogP contribution in [0.5, 0.6) is 0 Å². The lowest BCUT2D eigenvalue weighted by atomic mass is 10.0. The van der Waals surface area contributed by atoms with Gasteiger partial charge in [-0.25, -0.2) is 0 Å². The van der Waals surface area contributed by atoms with E-state index in [9.17, 15) is 5.11 Å². The summed E-state index contributed by atoms with van der Waals surface area (Å²) in [6.07, 6.45) is 7.32. The summed E-state index contributed by atoms with van der Waals surface area (Å²) in [5, 5.41) is 10.1. The van der Waals surface area contributed by atoms with Crippen molar-refractivity contribution in [3.8, 4) is 0 Å². The molecule has 4 aromatic heterocycles. The van der Waals surface area contributed by atoms with Gasteiger partial charge in [0.05, 0.1) is 29.4 Å². The molecule has 7 heteroatoms. The van der Waals surface area contributed by atoms with Crippen LogP contribution in [0.2, 0.25) is 0 Å². The van der Waals surface area contributed by atoms with E-state index >= 15 is 0 Å². The van der Waals surface area contributed by atoms with Crippen molar-refractivity contribution in [2.75, 3.05) is 0 Å². The highest BCUT2D eigenvalue weighted by Crippen LogP contribution is 2.19. The number of rotatable bonds is 13. The third-order valence-electron chi connectivity index (χ3n) is 6.55. The van der Waals surface area contributed by atoms with Gasteiger partial charge in [-0.05, 0) is 65.2 Å². The first-order chi connectivity index (χ1) is 19.7. The van der Waals surface area contributed by atoms with Crippen molar-refractivity contribution in [1.29, 1.82) is 0 Å². The average Bonchev–Trinajstić information content (AvgIpc) is 2.99. The highest BCUT2D eigenvalue weighted by Gasteiger charge is 2.14. The highest BCUT2D eigenvalue weighted by atomic mass is 16.3. The highest BCUT2D eigenvalue weighted by molar-refractivity contribution is 5.30. The quantitative estimate of drug-likeness (QED) is 0.225. The minimum atomic E-state index is -0.0121. The molecule has 0 saturated carbocycles. The molecule has 0 bridgehead atoms. The molecule has 0 radical (unpaired) electrons. The van der Waals surface area contributed by atoms with E-state index in [0.29, 0.717) is 39.3 Å². The maximum atomic E-state index is 10.1. The van der Waals surface area contributed by atoms with Crippen LogP contribution in [-0.2, 0) is 45.9 Å². The maximum absolute atomic E-state index is 10.1. The SMILES string of the molecule is OCc1cc(CN(Cc2ccccn2)Cc2ccccn2)cc(CN(Cc2ccccn2)Cc2ccccn2)c1. The smallest absolute Gasteiger partial charge is 0.0682 e. The normalized spacial score (nSPS) is 11.3. The molecule has 0 aliphatic rings. The molecule has 0 aliphatic heterocycles. The number of hydrogen-bond acceptors (Lipinski definition) is 7. The summed E-state index contributed by atoms with van der Waals surface area (Å²) in [5.41, 5.74) is 7.22. The van der Waals surface area contributed by atoms with E-state index in [2.05, 4.69) is 47.9 Å². The topological polar surface area (TPSA) is 78.3 Å². The van der Waals surface area contributed by atoms with Crippen molar-refractivity contribution in [3.05, 3.63) is 155 Å². The molecule has 7 nitrogen and oxygen atoms in total. The van der Waals surface area contributed by atoms with E-state index in [1.807, 2.05) is 97.6 Å². The molecule has 202 valence electrons. The molecule has 4 heterocycles. The first-order valence-electron chi connectivity index (χ1n) is 13.5. The van der Waals surface area contributed by atoms with Crippen molar-refractivity contribution in [3.63, 3.8) is 0 Å². The van der Waals surface area contributed by atoms with Gasteiger partial charge in [0.15, 0.2) is 0 Å². The number of nitrogens with zero attached hydrogens (tertiary/aromatic N) is 6. The molecule has 0 fully saturated rings. The van der Waals surface area contributed by atoms with Crippen molar-refractivity contribution < 1.29 is 5.11 Å². The summed E-state index contributed by atoms with van der Waals surface area (Å²) in [4.78, 5) is 22.9. The van der Waals surface area contributed by atoms with Gasteiger partial charge in [0.2, 0.25) is 0 Å². The zero-order chi connectivity index (χ0) is 27.4. The number of hydrogen-bond donors (Lipinski definition) is 1. The van der Waals surface area contributed by atoms with E-state index in [1.165, 1.54) is 0 Å². The van der Waals surface area contributed by atoms with Gasteiger partial charge in [-0.15, -0.1) is 0 Å². The Morgan fingerprint density at radius 3 is 1.02 bits per heavy atom. The van der Waals surface area contributed by atoms with Gasteiger partial charge in [0.25, 0.3) is 0 Å². The average molecular weight is 531 g/mol. The molecule has 40 heavy (non-hydrogen) atoms. The lowest BCUT2D eigenvalue weighted by Gasteiger charge is -2.24. The van der Waals surface area contributed by atoms with Gasteiger partial charge < -0.3 is 5.11 Å². The fourth-order valence-electron chi connectivity index (χ4n) is 4.85. The molecule has 0 unspecified atom stereocenters. The Labute approximate surface area is 235 Å². The van der Waals surface area contributed by atoms with Gasteiger partial charge in [-0.2, -0.15) is 0 Å². The maximum Gasteiger partial charge on any atom is 0.0682 e. The number of pyridine rings is 4. The zero-order valence-electron chi connectivity index (χ0n) is 22.5. The van der Waals surface area contributed by atoms with Crippen molar-refractivity contribution >= 4 is 0 Å². The largest absolute Gasteiger partial charge is 0.392 e. The van der Waals surface area contributed by atoms with Crippen LogP contribution in [0.1, 0.15) is 39.5 Å². The molecule has 0 spiro atoms. The Hall–Kier alpha value is -4.30. The van der Waals surface area contributed by atoms with E-state index in [4.69, 9.17) is 0 Å². The molecular formula is C33H34N6O. The van der Waals surface area contributed by atoms with E-state index in [0.717, 1.165) is 39.5 Å². The second-order valence-electron chi connectivity index (χ2n) is 9.89. The Bertz CT molecular complexity index is 1250. The van der Waals surface area contributed by atoms with Crippen LogP contribution in [-0.4, -0.2) is 34.8 Å². The van der Waals surface area contributed by atoms with Crippen molar-refractivity contribution in [2.45, 2.75) is 45.9 Å². The molecule has 0 aliphatic carbocycles. The molecule has 0 saturated heterocycles. The Balaban J connectivity index is 1.39.